The maximum atomic E-state index is 14.7. The van der Waals surface area contributed by atoms with Gasteiger partial charge in [-0.3, -0.25) is 9.69 Å². The Balaban J connectivity index is 1.59. The molecule has 4 rings (SSSR count). The lowest BCUT2D eigenvalue weighted by atomic mass is 10.0. The van der Waals surface area contributed by atoms with Gasteiger partial charge in [-0.1, -0.05) is 36.4 Å². The number of likely N-dealkylation sites (tertiary alicyclic amines) is 1. The lowest BCUT2D eigenvalue weighted by molar-refractivity contribution is -0.126. The number of carbonyl (C=O) groups excluding carboxylic acids is 2. The fourth-order valence-corrected chi connectivity index (χ4v) is 4.09. The Morgan fingerprint density at radius 3 is 2.45 bits per heavy atom. The zero-order valence-electron chi connectivity index (χ0n) is 19.1. The van der Waals surface area contributed by atoms with Crippen molar-refractivity contribution in [1.82, 2.24) is 15.2 Å². The molecule has 2 aliphatic rings. The van der Waals surface area contributed by atoms with Crippen LogP contribution in [0.5, 0.6) is 0 Å². The Morgan fingerprint density at radius 2 is 1.85 bits per heavy atom. The van der Waals surface area contributed by atoms with E-state index in [1.165, 1.54) is 0 Å². The molecule has 1 aromatic heterocycles. The molecule has 0 bridgehead atoms. The maximum Gasteiger partial charge on any atom is 0.411 e. The number of pyridine rings is 1. The first kappa shape index (κ1) is 23.1. The molecule has 2 aromatic rings. The minimum absolute atomic E-state index is 0.130. The van der Waals surface area contributed by atoms with Gasteiger partial charge in [0, 0.05) is 12.0 Å². The number of rotatable bonds is 5. The fraction of sp³-hybridized carbons (Fsp3) is 0.480. The minimum atomic E-state index is -1.34. The third kappa shape index (κ3) is 5.49. The molecule has 2 fully saturated rings. The number of ether oxygens (including phenoxy) is 1. The Morgan fingerprint density at radius 1 is 1.15 bits per heavy atom. The summed E-state index contributed by atoms with van der Waals surface area (Å²) in [5.74, 6) is -0.868. The molecule has 0 radical (unpaired) electrons. The summed E-state index contributed by atoms with van der Waals surface area (Å²) in [6.45, 7) is 4.91. The molecule has 6 nitrogen and oxygen atoms in total. The Kier molecular flexibility index (Phi) is 6.36. The van der Waals surface area contributed by atoms with Crippen LogP contribution in [0.25, 0.3) is 0 Å². The number of benzene rings is 1. The van der Waals surface area contributed by atoms with Gasteiger partial charge in [0.15, 0.2) is 0 Å². The predicted octanol–water partition coefficient (Wildman–Crippen LogP) is 4.65. The first-order valence-corrected chi connectivity index (χ1v) is 11.3. The lowest BCUT2D eigenvalue weighted by Crippen LogP contribution is -2.48. The molecule has 1 aromatic carbocycles. The summed E-state index contributed by atoms with van der Waals surface area (Å²) in [5, 5.41) is 2.87. The van der Waals surface area contributed by atoms with Gasteiger partial charge < -0.3 is 10.1 Å². The van der Waals surface area contributed by atoms with Gasteiger partial charge in [0.25, 0.3) is 0 Å². The molecule has 8 heteroatoms. The molecular formula is C25H29F2N3O3. The highest BCUT2D eigenvalue weighted by atomic mass is 19.1. The topological polar surface area (TPSA) is 71.5 Å². The van der Waals surface area contributed by atoms with Gasteiger partial charge in [-0.25, -0.2) is 14.2 Å². The Bertz CT molecular complexity index is 1020. The van der Waals surface area contributed by atoms with Crippen molar-refractivity contribution in [2.45, 2.75) is 69.8 Å². The van der Waals surface area contributed by atoms with E-state index in [2.05, 4.69) is 10.3 Å². The van der Waals surface area contributed by atoms with Crippen LogP contribution in [0.4, 0.5) is 13.6 Å². The van der Waals surface area contributed by atoms with Gasteiger partial charge in [-0.15, -0.1) is 0 Å². The smallest absolute Gasteiger partial charge is 0.411 e. The van der Waals surface area contributed by atoms with Gasteiger partial charge in [0.05, 0.1) is 18.3 Å². The average molecular weight is 458 g/mol. The molecule has 33 heavy (non-hydrogen) atoms. The fourth-order valence-electron chi connectivity index (χ4n) is 4.09. The summed E-state index contributed by atoms with van der Waals surface area (Å²) < 4.78 is 34.3. The van der Waals surface area contributed by atoms with Gasteiger partial charge in [-0.2, -0.15) is 4.39 Å². The van der Waals surface area contributed by atoms with Crippen molar-refractivity contribution < 1.29 is 23.1 Å². The van der Waals surface area contributed by atoms with Crippen molar-refractivity contribution in [2.75, 3.05) is 6.54 Å². The van der Waals surface area contributed by atoms with Crippen LogP contribution in [0, 0.1) is 5.95 Å². The van der Waals surface area contributed by atoms with E-state index in [4.69, 9.17) is 4.74 Å². The number of hydrogen-bond acceptors (Lipinski definition) is 4. The molecule has 2 amide bonds. The minimum Gasteiger partial charge on any atom is -0.444 e. The van der Waals surface area contributed by atoms with Gasteiger partial charge >= 0.3 is 6.09 Å². The molecule has 1 N–H and O–H groups in total. The molecule has 3 unspecified atom stereocenters. The zero-order chi connectivity index (χ0) is 23.8. The van der Waals surface area contributed by atoms with E-state index in [0.717, 1.165) is 17.7 Å². The Labute approximate surface area is 192 Å². The normalized spacial score (nSPS) is 21.5. The number of amides is 2. The molecule has 2 heterocycles. The van der Waals surface area contributed by atoms with Crippen molar-refractivity contribution in [1.29, 1.82) is 0 Å². The second kappa shape index (κ2) is 9.08. The number of alkyl halides is 1. The van der Waals surface area contributed by atoms with Crippen LogP contribution in [0.15, 0.2) is 42.5 Å². The summed E-state index contributed by atoms with van der Waals surface area (Å²) in [6.07, 6.45) is -0.310. The molecule has 1 aliphatic heterocycles. The highest BCUT2D eigenvalue weighted by molar-refractivity contribution is 5.87. The van der Waals surface area contributed by atoms with Crippen LogP contribution in [0.2, 0.25) is 0 Å². The van der Waals surface area contributed by atoms with Crippen molar-refractivity contribution in [3.8, 4) is 0 Å². The van der Waals surface area contributed by atoms with E-state index >= 15 is 0 Å². The third-order valence-electron chi connectivity index (χ3n) is 5.81. The number of nitrogens with zero attached hydrogens (tertiary/aromatic N) is 2. The third-order valence-corrected chi connectivity index (χ3v) is 5.81. The van der Waals surface area contributed by atoms with Crippen LogP contribution < -0.4 is 5.32 Å². The monoisotopic (exact) mass is 457 g/mol. The standard InChI is InChI=1S/C25H29F2N3O3/c1-25(2,3)33-24(32)30-14-17(26)13-20(30)23(31)29-21(16-7-5-4-6-8-16)19-12-11-18(15-9-10-15)22(27)28-19/h4-8,11-12,15,17,20-21H,9-10,13-14H2,1-3H3,(H,29,31). The quantitative estimate of drug-likeness (QED) is 0.664. The van der Waals surface area contributed by atoms with Crippen molar-refractivity contribution in [3.63, 3.8) is 0 Å². The van der Waals surface area contributed by atoms with Crippen LogP contribution in [-0.2, 0) is 9.53 Å². The highest BCUT2D eigenvalue weighted by Crippen LogP contribution is 2.41. The molecule has 1 aliphatic carbocycles. The predicted molar refractivity (Wildman–Crippen MR) is 119 cm³/mol. The zero-order valence-corrected chi connectivity index (χ0v) is 19.1. The molecule has 3 atom stereocenters. The van der Waals surface area contributed by atoms with Crippen LogP contribution in [0.3, 0.4) is 0 Å². The molecule has 1 saturated heterocycles. The van der Waals surface area contributed by atoms with Gasteiger partial charge in [0.2, 0.25) is 11.9 Å². The molecule has 1 saturated carbocycles. The lowest BCUT2D eigenvalue weighted by Gasteiger charge is -2.29. The number of aromatic nitrogens is 1. The van der Waals surface area contributed by atoms with Crippen LogP contribution >= 0.6 is 0 Å². The first-order chi connectivity index (χ1) is 15.6. The average Bonchev–Trinajstić information content (AvgIpc) is 3.51. The second-order valence-electron chi connectivity index (χ2n) is 9.72. The number of halogens is 2. The summed E-state index contributed by atoms with van der Waals surface area (Å²) in [5.41, 5.74) is 0.860. The van der Waals surface area contributed by atoms with Crippen LogP contribution in [0.1, 0.15) is 68.8 Å². The van der Waals surface area contributed by atoms with E-state index < -0.39 is 41.8 Å². The van der Waals surface area contributed by atoms with Crippen molar-refractivity contribution in [2.24, 2.45) is 0 Å². The van der Waals surface area contributed by atoms with E-state index in [0.29, 0.717) is 16.8 Å². The van der Waals surface area contributed by atoms with Gasteiger partial charge in [0.1, 0.15) is 17.8 Å². The van der Waals surface area contributed by atoms with Crippen molar-refractivity contribution >= 4 is 12.0 Å². The number of hydrogen-bond donors (Lipinski definition) is 1. The van der Waals surface area contributed by atoms with E-state index in [-0.39, 0.29) is 18.9 Å². The van der Waals surface area contributed by atoms with Crippen LogP contribution in [-0.4, -0.2) is 46.2 Å². The first-order valence-electron chi connectivity index (χ1n) is 11.3. The van der Waals surface area contributed by atoms with Gasteiger partial charge in [-0.05, 0) is 51.2 Å². The van der Waals surface area contributed by atoms with E-state index in [1.54, 1.807) is 45.0 Å². The Hall–Kier alpha value is -3.03. The maximum absolute atomic E-state index is 14.7. The molecular weight excluding hydrogens is 428 g/mol. The SMILES string of the molecule is CC(C)(C)OC(=O)N1CC(F)CC1C(=O)NC(c1ccccc1)c1ccc(C2CC2)c(F)n1. The highest BCUT2D eigenvalue weighted by Gasteiger charge is 2.42. The molecule has 176 valence electrons. The summed E-state index contributed by atoms with van der Waals surface area (Å²) in [7, 11) is 0. The summed E-state index contributed by atoms with van der Waals surface area (Å²) in [4.78, 5) is 31.1. The second-order valence-corrected chi connectivity index (χ2v) is 9.72. The number of nitrogens with one attached hydrogen (secondary N) is 1. The largest absolute Gasteiger partial charge is 0.444 e. The van der Waals surface area contributed by atoms with E-state index in [9.17, 15) is 18.4 Å². The van der Waals surface area contributed by atoms with E-state index in [1.807, 2.05) is 18.2 Å². The summed E-state index contributed by atoms with van der Waals surface area (Å²) >= 11 is 0. The molecule has 0 spiro atoms. The summed E-state index contributed by atoms with van der Waals surface area (Å²) in [6, 6.07) is 10.7. The van der Waals surface area contributed by atoms with Crippen molar-refractivity contribution in [3.05, 3.63) is 65.2 Å². The number of carbonyl (C=O) groups is 2.